The summed E-state index contributed by atoms with van der Waals surface area (Å²) in [7, 11) is 0. The second-order valence-electron chi connectivity index (χ2n) is 3.42. The fourth-order valence-corrected chi connectivity index (χ4v) is 1.70. The van der Waals surface area contributed by atoms with Crippen molar-refractivity contribution in [2.75, 3.05) is 11.9 Å². The van der Waals surface area contributed by atoms with Crippen molar-refractivity contribution >= 4 is 17.5 Å². The monoisotopic (exact) mass is 251 g/mol. The number of aromatic nitrogens is 2. The molecule has 0 bridgehead atoms. The first-order valence-electron chi connectivity index (χ1n) is 5.05. The Bertz CT molecular complexity index is 516. The van der Waals surface area contributed by atoms with Gasteiger partial charge in [0.25, 0.3) is 0 Å². The molecular formula is C12H11ClFN3. The summed E-state index contributed by atoms with van der Waals surface area (Å²) in [5, 5.41) is 3.40. The third kappa shape index (κ3) is 2.65. The Labute approximate surface area is 104 Å². The summed E-state index contributed by atoms with van der Waals surface area (Å²) in [6, 6.07) is 4.33. The molecule has 0 spiro atoms. The average molecular weight is 252 g/mol. The second-order valence-corrected chi connectivity index (χ2v) is 3.85. The Morgan fingerprint density at radius 2 is 2.29 bits per heavy atom. The van der Waals surface area contributed by atoms with E-state index in [1.807, 2.05) is 0 Å². The summed E-state index contributed by atoms with van der Waals surface area (Å²) in [5.41, 5.74) is 0.624. The highest BCUT2D eigenvalue weighted by Gasteiger charge is 2.06. The highest BCUT2D eigenvalue weighted by atomic mass is 35.5. The van der Waals surface area contributed by atoms with Gasteiger partial charge in [0, 0.05) is 24.0 Å². The molecule has 0 amide bonds. The number of imidazole rings is 1. The minimum atomic E-state index is -0.379. The number of anilines is 1. The van der Waals surface area contributed by atoms with Gasteiger partial charge >= 0.3 is 0 Å². The molecule has 2 rings (SSSR count). The van der Waals surface area contributed by atoms with Crippen LogP contribution in [-0.4, -0.2) is 16.1 Å². The fourth-order valence-electron chi connectivity index (χ4n) is 1.48. The van der Waals surface area contributed by atoms with E-state index in [9.17, 15) is 4.39 Å². The van der Waals surface area contributed by atoms with E-state index in [1.54, 1.807) is 29.1 Å². The van der Waals surface area contributed by atoms with Crippen molar-refractivity contribution in [1.82, 2.24) is 9.55 Å². The molecule has 0 radical (unpaired) electrons. The third-order valence-corrected chi connectivity index (χ3v) is 2.39. The first-order chi connectivity index (χ1) is 8.20. The first kappa shape index (κ1) is 11.7. The van der Waals surface area contributed by atoms with E-state index in [0.717, 1.165) is 0 Å². The van der Waals surface area contributed by atoms with Crippen LogP contribution in [0.4, 0.5) is 10.3 Å². The third-order valence-electron chi connectivity index (χ3n) is 2.17. The zero-order valence-corrected chi connectivity index (χ0v) is 9.78. The van der Waals surface area contributed by atoms with Crippen LogP contribution in [0.25, 0.3) is 5.69 Å². The Kier molecular flexibility index (Phi) is 3.44. The molecule has 1 heterocycles. The normalized spacial score (nSPS) is 10.2. The number of halogens is 2. The van der Waals surface area contributed by atoms with Crippen LogP contribution in [-0.2, 0) is 0 Å². The van der Waals surface area contributed by atoms with Crippen molar-refractivity contribution < 1.29 is 4.39 Å². The largest absolute Gasteiger partial charge is 0.352 e. The molecule has 0 aliphatic carbocycles. The molecule has 0 aliphatic heterocycles. The maximum atomic E-state index is 13.2. The van der Waals surface area contributed by atoms with Gasteiger partial charge in [-0.25, -0.2) is 9.37 Å². The summed E-state index contributed by atoms with van der Waals surface area (Å²) in [6.07, 6.45) is 5.08. The Balaban J connectivity index is 2.38. The van der Waals surface area contributed by atoms with E-state index < -0.39 is 0 Å². The van der Waals surface area contributed by atoms with Gasteiger partial charge in [0.15, 0.2) is 0 Å². The minimum Gasteiger partial charge on any atom is -0.352 e. The number of nitrogens with zero attached hydrogens (tertiary/aromatic N) is 2. The van der Waals surface area contributed by atoms with Gasteiger partial charge in [0.05, 0.1) is 5.69 Å². The molecule has 2 aromatic rings. The van der Waals surface area contributed by atoms with Gasteiger partial charge in [-0.1, -0.05) is 17.7 Å². The summed E-state index contributed by atoms with van der Waals surface area (Å²) in [4.78, 5) is 4.13. The number of rotatable bonds is 4. The van der Waals surface area contributed by atoms with E-state index in [-0.39, 0.29) is 5.82 Å². The molecule has 17 heavy (non-hydrogen) atoms. The molecule has 1 N–H and O–H groups in total. The predicted molar refractivity (Wildman–Crippen MR) is 67.2 cm³/mol. The molecule has 0 saturated heterocycles. The molecule has 0 atom stereocenters. The lowest BCUT2D eigenvalue weighted by molar-refractivity contribution is 0.626. The zero-order valence-electron chi connectivity index (χ0n) is 9.03. The van der Waals surface area contributed by atoms with Crippen LogP contribution in [0, 0.1) is 5.82 Å². The van der Waals surface area contributed by atoms with Crippen molar-refractivity contribution in [2.45, 2.75) is 0 Å². The molecule has 0 fully saturated rings. The lowest BCUT2D eigenvalue weighted by Gasteiger charge is -2.09. The number of benzene rings is 1. The average Bonchev–Trinajstić information content (AvgIpc) is 2.73. The maximum Gasteiger partial charge on any atom is 0.207 e. The SMILES string of the molecule is C=CCNc1nccn1-c1cc(F)cc(Cl)c1. The lowest BCUT2D eigenvalue weighted by Crippen LogP contribution is -2.05. The molecule has 1 aromatic carbocycles. The molecular weight excluding hydrogens is 241 g/mol. The number of nitrogens with one attached hydrogen (secondary N) is 1. The van der Waals surface area contributed by atoms with Gasteiger partial charge in [0.2, 0.25) is 5.95 Å². The van der Waals surface area contributed by atoms with Gasteiger partial charge in [-0.05, 0) is 18.2 Å². The van der Waals surface area contributed by atoms with Crippen molar-refractivity contribution in [3.05, 3.63) is 54.1 Å². The summed E-state index contributed by atoms with van der Waals surface area (Å²) in [6.45, 7) is 4.19. The highest BCUT2D eigenvalue weighted by Crippen LogP contribution is 2.20. The van der Waals surface area contributed by atoms with Gasteiger partial charge in [0.1, 0.15) is 5.82 Å². The van der Waals surface area contributed by atoms with Crippen molar-refractivity contribution in [1.29, 1.82) is 0 Å². The smallest absolute Gasteiger partial charge is 0.207 e. The molecule has 0 aliphatic rings. The maximum absolute atomic E-state index is 13.2. The predicted octanol–water partition coefficient (Wildman–Crippen LogP) is 3.26. The quantitative estimate of drug-likeness (QED) is 0.846. The fraction of sp³-hybridized carbons (Fsp3) is 0.0833. The molecule has 1 aromatic heterocycles. The second kappa shape index (κ2) is 5.01. The first-order valence-corrected chi connectivity index (χ1v) is 5.43. The van der Waals surface area contributed by atoms with Crippen LogP contribution in [0.15, 0.2) is 43.2 Å². The van der Waals surface area contributed by atoms with Crippen LogP contribution in [0.2, 0.25) is 5.02 Å². The Morgan fingerprint density at radius 3 is 3.00 bits per heavy atom. The van der Waals surface area contributed by atoms with E-state index in [1.165, 1.54) is 12.1 Å². The van der Waals surface area contributed by atoms with Crippen LogP contribution in [0.5, 0.6) is 0 Å². The van der Waals surface area contributed by atoms with Crippen LogP contribution >= 0.6 is 11.6 Å². The van der Waals surface area contributed by atoms with Crippen LogP contribution < -0.4 is 5.32 Å². The van der Waals surface area contributed by atoms with Crippen LogP contribution in [0.3, 0.4) is 0 Å². The summed E-state index contributed by atoms with van der Waals surface area (Å²) in [5.74, 6) is 0.238. The van der Waals surface area contributed by atoms with Gasteiger partial charge in [-0.2, -0.15) is 0 Å². The van der Waals surface area contributed by atoms with E-state index >= 15 is 0 Å². The minimum absolute atomic E-state index is 0.350. The van der Waals surface area contributed by atoms with Crippen molar-refractivity contribution in [3.8, 4) is 5.69 Å². The van der Waals surface area contributed by atoms with E-state index in [4.69, 9.17) is 11.6 Å². The zero-order chi connectivity index (χ0) is 12.3. The molecule has 0 unspecified atom stereocenters. The van der Waals surface area contributed by atoms with Gasteiger partial charge in [-0.3, -0.25) is 4.57 Å². The topological polar surface area (TPSA) is 29.9 Å². The molecule has 3 nitrogen and oxygen atoms in total. The van der Waals surface area contributed by atoms with Crippen LogP contribution in [0.1, 0.15) is 0 Å². The molecule has 88 valence electrons. The highest BCUT2D eigenvalue weighted by molar-refractivity contribution is 6.30. The van der Waals surface area contributed by atoms with Gasteiger partial charge in [-0.15, -0.1) is 6.58 Å². The Hall–Kier alpha value is -1.81. The van der Waals surface area contributed by atoms with E-state index in [0.29, 0.717) is 23.2 Å². The summed E-state index contributed by atoms with van der Waals surface area (Å²) >= 11 is 5.81. The number of hydrogen-bond donors (Lipinski definition) is 1. The Morgan fingerprint density at radius 1 is 1.47 bits per heavy atom. The molecule has 5 heteroatoms. The van der Waals surface area contributed by atoms with Crippen molar-refractivity contribution in [3.63, 3.8) is 0 Å². The summed E-state index contributed by atoms with van der Waals surface area (Å²) < 4.78 is 15.0. The molecule has 0 saturated carbocycles. The standard InChI is InChI=1S/C12H11ClFN3/c1-2-3-15-12-16-4-5-17(12)11-7-9(13)6-10(14)8-11/h2,4-8H,1,3H2,(H,15,16). The number of hydrogen-bond acceptors (Lipinski definition) is 2. The van der Waals surface area contributed by atoms with Crippen molar-refractivity contribution in [2.24, 2.45) is 0 Å². The lowest BCUT2D eigenvalue weighted by atomic mass is 10.3. The van der Waals surface area contributed by atoms with Gasteiger partial charge < -0.3 is 5.32 Å². The van der Waals surface area contributed by atoms with E-state index in [2.05, 4.69) is 16.9 Å².